The number of hydrogen-bond acceptors (Lipinski definition) is 3. The van der Waals surface area contributed by atoms with Gasteiger partial charge in [-0.2, -0.15) is 5.26 Å². The molecule has 1 aromatic rings. The van der Waals surface area contributed by atoms with Gasteiger partial charge in [-0.15, -0.1) is 0 Å². The number of alkyl halides is 1. The number of aryl methyl sites for hydroxylation is 1. The van der Waals surface area contributed by atoms with E-state index in [1.807, 2.05) is 51.7 Å². The number of ketones is 1. The van der Waals surface area contributed by atoms with E-state index in [1.165, 1.54) is 0 Å². The molecule has 28 heavy (non-hydrogen) atoms. The summed E-state index contributed by atoms with van der Waals surface area (Å²) in [6, 6.07) is 7.76. The van der Waals surface area contributed by atoms with Gasteiger partial charge in [-0.25, -0.2) is 0 Å². The molecule has 1 saturated carbocycles. The summed E-state index contributed by atoms with van der Waals surface area (Å²) in [5, 5.41) is 9.17. The van der Waals surface area contributed by atoms with Crippen LogP contribution in [0.3, 0.4) is 0 Å². The second-order valence-corrected chi connectivity index (χ2v) is 6.87. The molecule has 0 radical (unpaired) electrons. The number of halogens is 1. The SMILES string of the molecule is C=CN(CC1CC(=O)CCC1(C)CF)c1cc(C#N)ccc1CC.CC.CC. The van der Waals surface area contributed by atoms with Crippen LogP contribution in [0.15, 0.2) is 31.0 Å². The zero-order valence-electron chi connectivity index (χ0n) is 18.5. The molecule has 1 fully saturated rings. The molecule has 0 saturated heterocycles. The van der Waals surface area contributed by atoms with Crippen molar-refractivity contribution in [1.82, 2.24) is 0 Å². The minimum absolute atomic E-state index is 0.0582. The fourth-order valence-corrected chi connectivity index (χ4v) is 3.42. The molecule has 0 heterocycles. The van der Waals surface area contributed by atoms with E-state index >= 15 is 0 Å². The third-order valence-electron chi connectivity index (χ3n) is 5.28. The molecule has 2 rings (SSSR count). The first-order valence-electron chi connectivity index (χ1n) is 10.5. The number of rotatable bonds is 6. The Morgan fingerprint density at radius 1 is 1.36 bits per heavy atom. The molecule has 0 aromatic heterocycles. The molecular formula is C24H37FN2O. The number of carbonyl (C=O) groups is 1. The monoisotopic (exact) mass is 388 g/mol. The van der Waals surface area contributed by atoms with Gasteiger partial charge in [0.1, 0.15) is 5.78 Å². The summed E-state index contributed by atoms with van der Waals surface area (Å²) in [5.41, 5.74) is 2.14. The average molecular weight is 389 g/mol. The summed E-state index contributed by atoms with van der Waals surface area (Å²) in [7, 11) is 0. The van der Waals surface area contributed by atoms with Crippen molar-refractivity contribution in [3.05, 3.63) is 42.1 Å². The van der Waals surface area contributed by atoms with Gasteiger partial charge in [0.25, 0.3) is 0 Å². The molecule has 0 bridgehead atoms. The lowest BCUT2D eigenvalue weighted by Crippen LogP contribution is -2.42. The maximum Gasteiger partial charge on any atom is 0.133 e. The molecule has 3 nitrogen and oxygen atoms in total. The zero-order valence-corrected chi connectivity index (χ0v) is 18.5. The number of nitrogens with zero attached hydrogens (tertiary/aromatic N) is 2. The van der Waals surface area contributed by atoms with Gasteiger partial charge in [0, 0.05) is 30.5 Å². The normalized spacial score (nSPS) is 20.6. The summed E-state index contributed by atoms with van der Waals surface area (Å²) in [5.74, 6) is 0.147. The predicted molar refractivity (Wildman–Crippen MR) is 117 cm³/mol. The van der Waals surface area contributed by atoms with Crippen LogP contribution in [0.1, 0.15) is 71.9 Å². The summed E-state index contributed by atoms with van der Waals surface area (Å²) in [6.45, 7) is 16.0. The van der Waals surface area contributed by atoms with E-state index in [2.05, 4.69) is 19.6 Å². The second-order valence-electron chi connectivity index (χ2n) is 6.87. The molecule has 2 atom stereocenters. The minimum Gasteiger partial charge on any atom is -0.348 e. The Bertz CT molecular complexity index is 665. The Hall–Kier alpha value is -2.15. The lowest BCUT2D eigenvalue weighted by atomic mass is 9.67. The van der Waals surface area contributed by atoms with Gasteiger partial charge in [0.05, 0.1) is 18.3 Å². The van der Waals surface area contributed by atoms with Crippen molar-refractivity contribution in [2.24, 2.45) is 11.3 Å². The Morgan fingerprint density at radius 2 is 2.00 bits per heavy atom. The quantitative estimate of drug-likeness (QED) is 0.561. The van der Waals surface area contributed by atoms with Crippen LogP contribution in [0.4, 0.5) is 10.1 Å². The maximum atomic E-state index is 13.7. The van der Waals surface area contributed by atoms with Gasteiger partial charge in [-0.1, -0.05) is 54.2 Å². The first kappa shape index (κ1) is 25.9. The highest BCUT2D eigenvalue weighted by Crippen LogP contribution is 2.41. The van der Waals surface area contributed by atoms with Crippen LogP contribution in [-0.2, 0) is 11.2 Å². The smallest absolute Gasteiger partial charge is 0.133 e. The highest BCUT2D eigenvalue weighted by atomic mass is 19.1. The first-order valence-corrected chi connectivity index (χ1v) is 10.5. The predicted octanol–water partition coefficient (Wildman–Crippen LogP) is 6.47. The van der Waals surface area contributed by atoms with Crippen molar-refractivity contribution in [2.45, 2.75) is 67.2 Å². The van der Waals surface area contributed by atoms with Gasteiger partial charge in [-0.05, 0) is 42.7 Å². The number of benzene rings is 1. The van der Waals surface area contributed by atoms with Gasteiger partial charge >= 0.3 is 0 Å². The summed E-state index contributed by atoms with van der Waals surface area (Å²) in [6.07, 6.45) is 4.01. The number of nitriles is 1. The van der Waals surface area contributed by atoms with Gasteiger partial charge in [0.2, 0.25) is 0 Å². The summed E-state index contributed by atoms with van der Waals surface area (Å²) >= 11 is 0. The Morgan fingerprint density at radius 3 is 2.50 bits per heavy atom. The standard InChI is InChI=1S/C20H25FN2O.2C2H6/c1-4-16-7-6-15(12-22)10-19(16)23(5-2)13-17-11-18(24)8-9-20(17,3)14-21;2*1-2/h5-7,10,17H,2,4,8-9,11,13-14H2,1,3H3;2*1-2H3. The van der Waals surface area contributed by atoms with E-state index in [1.54, 1.807) is 12.3 Å². The zero-order chi connectivity index (χ0) is 21.7. The van der Waals surface area contributed by atoms with Gasteiger partial charge in [0.15, 0.2) is 0 Å². The van der Waals surface area contributed by atoms with Crippen molar-refractivity contribution >= 4 is 11.5 Å². The Balaban J connectivity index is 0.00000171. The van der Waals surface area contributed by atoms with Crippen molar-refractivity contribution in [2.75, 3.05) is 18.1 Å². The second kappa shape index (κ2) is 13.1. The Kier molecular flexibility index (Phi) is 12.1. The maximum absolute atomic E-state index is 13.7. The molecule has 1 aliphatic carbocycles. The Labute approximate surface area is 171 Å². The molecular weight excluding hydrogens is 351 g/mol. The van der Waals surface area contributed by atoms with E-state index in [-0.39, 0.29) is 11.7 Å². The van der Waals surface area contributed by atoms with Crippen LogP contribution < -0.4 is 4.90 Å². The van der Waals surface area contributed by atoms with E-state index < -0.39 is 12.1 Å². The fourth-order valence-electron chi connectivity index (χ4n) is 3.42. The first-order chi connectivity index (χ1) is 13.5. The third kappa shape index (κ3) is 6.48. The van der Waals surface area contributed by atoms with Crippen LogP contribution in [0.5, 0.6) is 0 Å². The van der Waals surface area contributed by atoms with Crippen LogP contribution >= 0.6 is 0 Å². The van der Waals surface area contributed by atoms with E-state index in [9.17, 15) is 9.18 Å². The van der Waals surface area contributed by atoms with Gasteiger partial charge < -0.3 is 4.90 Å². The number of carbonyl (C=O) groups excluding carboxylic acids is 1. The van der Waals surface area contributed by atoms with Crippen LogP contribution in [-0.4, -0.2) is 19.0 Å². The van der Waals surface area contributed by atoms with Crippen LogP contribution in [0.25, 0.3) is 0 Å². The molecule has 4 heteroatoms. The highest BCUT2D eigenvalue weighted by molar-refractivity contribution is 5.79. The van der Waals surface area contributed by atoms with Crippen molar-refractivity contribution < 1.29 is 9.18 Å². The fraction of sp³-hybridized carbons (Fsp3) is 0.583. The molecule has 0 N–H and O–H groups in total. The number of hydrogen-bond donors (Lipinski definition) is 0. The summed E-state index contributed by atoms with van der Waals surface area (Å²) < 4.78 is 13.7. The lowest BCUT2D eigenvalue weighted by Gasteiger charge is -2.41. The molecule has 1 aliphatic rings. The van der Waals surface area contributed by atoms with E-state index in [4.69, 9.17) is 5.26 Å². The topological polar surface area (TPSA) is 44.1 Å². The van der Waals surface area contributed by atoms with Crippen molar-refractivity contribution in [3.8, 4) is 6.07 Å². The molecule has 0 amide bonds. The van der Waals surface area contributed by atoms with E-state index in [0.717, 1.165) is 17.7 Å². The molecule has 156 valence electrons. The van der Waals surface area contributed by atoms with E-state index in [0.29, 0.717) is 31.4 Å². The van der Waals surface area contributed by atoms with Gasteiger partial charge in [-0.3, -0.25) is 9.18 Å². The largest absolute Gasteiger partial charge is 0.348 e. The van der Waals surface area contributed by atoms with Crippen LogP contribution in [0, 0.1) is 22.7 Å². The number of Topliss-reactive ketones (excluding diaryl/α,β-unsaturated/α-hetero) is 1. The molecule has 0 aliphatic heterocycles. The van der Waals surface area contributed by atoms with Crippen LogP contribution in [0.2, 0.25) is 0 Å². The number of anilines is 1. The van der Waals surface area contributed by atoms with Crippen molar-refractivity contribution in [3.63, 3.8) is 0 Å². The molecule has 2 unspecified atom stereocenters. The molecule has 0 spiro atoms. The van der Waals surface area contributed by atoms with Crippen molar-refractivity contribution in [1.29, 1.82) is 5.26 Å². The lowest BCUT2D eigenvalue weighted by molar-refractivity contribution is -0.124. The minimum atomic E-state index is -0.478. The average Bonchev–Trinajstić information content (AvgIpc) is 2.76. The molecule has 1 aromatic carbocycles. The third-order valence-corrected chi connectivity index (χ3v) is 5.28. The summed E-state index contributed by atoms with van der Waals surface area (Å²) in [4.78, 5) is 13.9. The highest BCUT2D eigenvalue weighted by Gasteiger charge is 2.40.